The standard InChI is InChI=1S/C22H27F3/c1-2-13-3-7-18-15(9-13)4-5-16-10-14(6-8-19(16)18)17-11-20(23)22(25)21(24)12-17/h2,11-16,18-19H,1,3-10H2. The van der Waals surface area contributed by atoms with E-state index >= 15 is 0 Å². The van der Waals surface area contributed by atoms with Crippen LogP contribution in [0.3, 0.4) is 0 Å². The van der Waals surface area contributed by atoms with Crippen LogP contribution in [-0.4, -0.2) is 0 Å². The number of hydrogen-bond donors (Lipinski definition) is 0. The minimum atomic E-state index is -1.35. The van der Waals surface area contributed by atoms with Gasteiger partial charge in [0.25, 0.3) is 0 Å². The second-order valence-electron chi connectivity index (χ2n) is 8.54. The van der Waals surface area contributed by atoms with E-state index in [2.05, 4.69) is 12.7 Å². The normalized spacial score (nSPS) is 37.9. The zero-order chi connectivity index (χ0) is 17.6. The van der Waals surface area contributed by atoms with Crippen LogP contribution in [-0.2, 0) is 0 Å². The summed E-state index contributed by atoms with van der Waals surface area (Å²) in [5.41, 5.74) is 0.646. The summed E-state index contributed by atoms with van der Waals surface area (Å²) in [5.74, 6) is 0.524. The van der Waals surface area contributed by atoms with Gasteiger partial charge in [-0.1, -0.05) is 6.08 Å². The average Bonchev–Trinajstić information content (AvgIpc) is 2.64. The zero-order valence-corrected chi connectivity index (χ0v) is 14.7. The number of rotatable bonds is 2. The van der Waals surface area contributed by atoms with Gasteiger partial charge < -0.3 is 0 Å². The van der Waals surface area contributed by atoms with Gasteiger partial charge in [-0.3, -0.25) is 0 Å². The maximum atomic E-state index is 13.6. The highest BCUT2D eigenvalue weighted by molar-refractivity contribution is 5.24. The fourth-order valence-electron chi connectivity index (χ4n) is 6.16. The van der Waals surface area contributed by atoms with Crippen LogP contribution in [0.15, 0.2) is 24.8 Å². The lowest BCUT2D eigenvalue weighted by Crippen LogP contribution is -2.41. The van der Waals surface area contributed by atoms with Gasteiger partial charge in [-0.25, -0.2) is 13.2 Å². The Bertz CT molecular complexity index is 630. The SMILES string of the molecule is C=CC1CCC2C(CCC3CC(c4cc(F)c(F)c(F)c4)CCC32)C1. The highest BCUT2D eigenvalue weighted by Crippen LogP contribution is 2.54. The van der Waals surface area contributed by atoms with Crippen molar-refractivity contribution in [2.24, 2.45) is 29.6 Å². The van der Waals surface area contributed by atoms with Crippen LogP contribution in [0.2, 0.25) is 0 Å². The Balaban J connectivity index is 1.47. The highest BCUT2D eigenvalue weighted by atomic mass is 19.2. The predicted molar refractivity (Wildman–Crippen MR) is 93.6 cm³/mol. The summed E-state index contributed by atoms with van der Waals surface area (Å²) in [4.78, 5) is 0. The molecule has 25 heavy (non-hydrogen) atoms. The number of allylic oxidation sites excluding steroid dienone is 1. The van der Waals surface area contributed by atoms with Crippen molar-refractivity contribution >= 4 is 0 Å². The second kappa shape index (κ2) is 6.81. The largest absolute Gasteiger partial charge is 0.204 e. The molecule has 6 unspecified atom stereocenters. The number of fused-ring (bicyclic) bond motifs is 3. The van der Waals surface area contributed by atoms with Crippen LogP contribution < -0.4 is 0 Å². The van der Waals surface area contributed by atoms with Gasteiger partial charge >= 0.3 is 0 Å². The Labute approximate surface area is 148 Å². The van der Waals surface area contributed by atoms with Crippen molar-refractivity contribution in [2.45, 2.75) is 57.3 Å². The first-order valence-electron chi connectivity index (χ1n) is 9.83. The number of hydrogen-bond acceptors (Lipinski definition) is 0. The third kappa shape index (κ3) is 3.15. The van der Waals surface area contributed by atoms with Gasteiger partial charge in [-0.05, 0) is 105 Å². The maximum Gasteiger partial charge on any atom is 0.194 e. The van der Waals surface area contributed by atoms with Gasteiger partial charge in [0.2, 0.25) is 0 Å². The van der Waals surface area contributed by atoms with Crippen molar-refractivity contribution in [1.82, 2.24) is 0 Å². The fourth-order valence-corrected chi connectivity index (χ4v) is 6.16. The number of halogens is 3. The van der Waals surface area contributed by atoms with E-state index in [4.69, 9.17) is 0 Å². The summed E-state index contributed by atoms with van der Waals surface area (Å²) in [6.07, 6.45) is 11.7. The molecule has 0 N–H and O–H groups in total. The molecule has 136 valence electrons. The Morgan fingerprint density at radius 3 is 2.04 bits per heavy atom. The van der Waals surface area contributed by atoms with Crippen molar-refractivity contribution in [3.63, 3.8) is 0 Å². The molecule has 3 heteroatoms. The van der Waals surface area contributed by atoms with Gasteiger partial charge in [0.05, 0.1) is 0 Å². The molecule has 0 aromatic heterocycles. The summed E-state index contributed by atoms with van der Waals surface area (Å²) in [7, 11) is 0. The van der Waals surface area contributed by atoms with E-state index in [-0.39, 0.29) is 5.92 Å². The minimum Gasteiger partial charge on any atom is -0.204 e. The van der Waals surface area contributed by atoms with Crippen LogP contribution in [0.25, 0.3) is 0 Å². The van der Waals surface area contributed by atoms with Gasteiger partial charge in [-0.15, -0.1) is 6.58 Å². The van der Waals surface area contributed by atoms with Crippen molar-refractivity contribution in [3.05, 3.63) is 47.8 Å². The van der Waals surface area contributed by atoms with Crippen molar-refractivity contribution < 1.29 is 13.2 Å². The maximum absolute atomic E-state index is 13.6. The average molecular weight is 348 g/mol. The molecule has 0 nitrogen and oxygen atoms in total. The van der Waals surface area contributed by atoms with Crippen LogP contribution in [0.5, 0.6) is 0 Å². The molecule has 3 saturated carbocycles. The van der Waals surface area contributed by atoms with E-state index in [1.807, 2.05) is 0 Å². The third-order valence-electron chi connectivity index (χ3n) is 7.39. The molecule has 0 aliphatic heterocycles. The van der Waals surface area contributed by atoms with E-state index < -0.39 is 17.5 Å². The first kappa shape index (κ1) is 17.2. The van der Waals surface area contributed by atoms with E-state index in [1.165, 1.54) is 44.2 Å². The summed E-state index contributed by atoms with van der Waals surface area (Å²) < 4.78 is 40.4. The summed E-state index contributed by atoms with van der Waals surface area (Å²) in [6, 6.07) is 2.43. The topological polar surface area (TPSA) is 0 Å². The molecule has 0 amide bonds. The van der Waals surface area contributed by atoms with Crippen LogP contribution >= 0.6 is 0 Å². The predicted octanol–water partition coefficient (Wildman–Crippen LogP) is 6.62. The quantitative estimate of drug-likeness (QED) is 0.416. The molecule has 1 aromatic carbocycles. The summed E-state index contributed by atoms with van der Waals surface area (Å²) in [5, 5.41) is 0. The molecule has 3 aliphatic rings. The van der Waals surface area contributed by atoms with Crippen molar-refractivity contribution in [2.75, 3.05) is 0 Å². The van der Waals surface area contributed by atoms with Gasteiger partial charge in [0, 0.05) is 0 Å². The summed E-state index contributed by atoms with van der Waals surface area (Å²) >= 11 is 0. The highest BCUT2D eigenvalue weighted by Gasteiger charge is 2.44. The lowest BCUT2D eigenvalue weighted by atomic mass is 9.55. The Morgan fingerprint density at radius 1 is 0.800 bits per heavy atom. The molecule has 1 aromatic rings. The minimum absolute atomic E-state index is 0.173. The lowest BCUT2D eigenvalue weighted by molar-refractivity contribution is 0.0127. The van der Waals surface area contributed by atoms with Crippen LogP contribution in [0, 0.1) is 47.0 Å². The molecular weight excluding hydrogens is 321 g/mol. The monoisotopic (exact) mass is 348 g/mol. The van der Waals surface area contributed by atoms with Gasteiger partial charge in [0.1, 0.15) is 0 Å². The van der Waals surface area contributed by atoms with Gasteiger partial charge in [-0.2, -0.15) is 0 Å². The van der Waals surface area contributed by atoms with E-state index in [9.17, 15) is 13.2 Å². The lowest BCUT2D eigenvalue weighted by Gasteiger charge is -2.50. The first-order chi connectivity index (χ1) is 12.1. The van der Waals surface area contributed by atoms with Crippen LogP contribution in [0.4, 0.5) is 13.2 Å². The van der Waals surface area contributed by atoms with E-state index in [0.717, 1.165) is 37.0 Å². The zero-order valence-electron chi connectivity index (χ0n) is 14.7. The molecule has 4 rings (SSSR count). The molecule has 0 radical (unpaired) electrons. The Hall–Kier alpha value is -1.25. The molecule has 0 saturated heterocycles. The van der Waals surface area contributed by atoms with E-state index in [0.29, 0.717) is 17.4 Å². The molecule has 0 bridgehead atoms. The van der Waals surface area contributed by atoms with E-state index in [1.54, 1.807) is 0 Å². The second-order valence-corrected chi connectivity index (χ2v) is 8.54. The summed E-state index contributed by atoms with van der Waals surface area (Å²) in [6.45, 7) is 3.98. The van der Waals surface area contributed by atoms with Gasteiger partial charge in [0.15, 0.2) is 17.5 Å². The third-order valence-corrected chi connectivity index (χ3v) is 7.39. The first-order valence-corrected chi connectivity index (χ1v) is 9.83. The Morgan fingerprint density at radius 2 is 1.40 bits per heavy atom. The molecule has 0 heterocycles. The molecule has 3 aliphatic carbocycles. The van der Waals surface area contributed by atoms with Crippen molar-refractivity contribution in [1.29, 1.82) is 0 Å². The molecular formula is C22H27F3. The van der Waals surface area contributed by atoms with Crippen LogP contribution in [0.1, 0.15) is 62.8 Å². The molecule has 0 spiro atoms. The molecule has 3 fully saturated rings. The number of benzene rings is 1. The molecule has 6 atom stereocenters. The van der Waals surface area contributed by atoms with Crippen molar-refractivity contribution in [3.8, 4) is 0 Å². The smallest absolute Gasteiger partial charge is 0.194 e. The Kier molecular flexibility index (Phi) is 4.68. The fraction of sp³-hybridized carbons (Fsp3) is 0.636.